The lowest BCUT2D eigenvalue weighted by Gasteiger charge is -2.23. The summed E-state index contributed by atoms with van der Waals surface area (Å²) in [5, 5.41) is 12.7. The van der Waals surface area contributed by atoms with Crippen LogP contribution in [0.2, 0.25) is 10.0 Å². The van der Waals surface area contributed by atoms with E-state index in [4.69, 9.17) is 27.9 Å². The van der Waals surface area contributed by atoms with Crippen LogP contribution in [0.25, 0.3) is 0 Å². The number of hydrogen-bond acceptors (Lipinski definition) is 3. The van der Waals surface area contributed by atoms with Gasteiger partial charge in [-0.15, -0.1) is 0 Å². The second kappa shape index (κ2) is 6.64. The van der Waals surface area contributed by atoms with E-state index in [0.717, 1.165) is 5.56 Å². The molecule has 1 unspecified atom stereocenters. The second-order valence-electron chi connectivity index (χ2n) is 4.99. The van der Waals surface area contributed by atoms with E-state index >= 15 is 0 Å². The Morgan fingerprint density at radius 2 is 2.10 bits per heavy atom. The van der Waals surface area contributed by atoms with E-state index in [1.165, 1.54) is 0 Å². The first-order valence-electron chi connectivity index (χ1n) is 6.49. The molecule has 0 spiro atoms. The summed E-state index contributed by atoms with van der Waals surface area (Å²) in [4.78, 5) is 23.2. The van der Waals surface area contributed by atoms with Gasteiger partial charge in [-0.1, -0.05) is 29.3 Å². The number of carbonyl (C=O) groups is 2. The molecule has 7 heteroatoms. The maximum absolute atomic E-state index is 11.9. The average Bonchev–Trinajstić information content (AvgIpc) is 2.90. The first-order valence-corrected chi connectivity index (χ1v) is 7.25. The van der Waals surface area contributed by atoms with Crippen LogP contribution < -0.4 is 5.32 Å². The number of amides is 1. The number of carbonyl (C=O) groups excluding carboxylic acids is 1. The molecule has 0 aliphatic carbocycles. The van der Waals surface area contributed by atoms with E-state index < -0.39 is 11.5 Å². The van der Waals surface area contributed by atoms with Gasteiger partial charge >= 0.3 is 5.97 Å². The van der Waals surface area contributed by atoms with Crippen molar-refractivity contribution in [1.82, 2.24) is 5.32 Å². The van der Waals surface area contributed by atoms with E-state index in [1.807, 2.05) is 0 Å². The Bertz CT molecular complexity index is 556. The summed E-state index contributed by atoms with van der Waals surface area (Å²) in [6, 6.07) is 5.15. The molecule has 0 saturated carbocycles. The molecular formula is C14H15Cl2NO4. The molecule has 0 bridgehead atoms. The fraction of sp³-hybridized carbons (Fsp3) is 0.429. The fourth-order valence-corrected chi connectivity index (χ4v) is 2.49. The summed E-state index contributed by atoms with van der Waals surface area (Å²) in [6.07, 6.45) is 0.910. The number of carboxylic acid groups (broad SMARTS) is 1. The van der Waals surface area contributed by atoms with E-state index in [-0.39, 0.29) is 25.4 Å². The zero-order valence-electron chi connectivity index (χ0n) is 11.2. The van der Waals surface area contributed by atoms with Gasteiger partial charge in [0.15, 0.2) is 5.54 Å². The molecule has 5 nitrogen and oxygen atoms in total. The molecule has 1 heterocycles. The molecule has 1 fully saturated rings. The van der Waals surface area contributed by atoms with Gasteiger partial charge < -0.3 is 15.2 Å². The van der Waals surface area contributed by atoms with Crippen molar-refractivity contribution in [3.63, 3.8) is 0 Å². The van der Waals surface area contributed by atoms with Gasteiger partial charge in [0.25, 0.3) is 0 Å². The van der Waals surface area contributed by atoms with Crippen molar-refractivity contribution >= 4 is 35.1 Å². The molecule has 2 rings (SSSR count). The van der Waals surface area contributed by atoms with E-state index in [1.54, 1.807) is 18.2 Å². The SMILES string of the molecule is O=C(CCc1ccc(Cl)c(Cl)c1)NC1(C(=O)O)CCOC1. The number of aryl methyl sites for hydroxylation is 1. The minimum Gasteiger partial charge on any atom is -0.479 e. The van der Waals surface area contributed by atoms with Crippen LogP contribution in [0, 0.1) is 0 Å². The highest BCUT2D eigenvalue weighted by Gasteiger charge is 2.43. The van der Waals surface area contributed by atoms with Crippen molar-refractivity contribution in [2.45, 2.75) is 24.8 Å². The quantitative estimate of drug-likeness (QED) is 0.867. The van der Waals surface area contributed by atoms with Crippen molar-refractivity contribution in [2.75, 3.05) is 13.2 Å². The normalized spacial score (nSPS) is 21.2. The van der Waals surface area contributed by atoms with Crippen molar-refractivity contribution in [2.24, 2.45) is 0 Å². The predicted octanol–water partition coefficient (Wildman–Crippen LogP) is 2.29. The van der Waals surface area contributed by atoms with Crippen LogP contribution in [-0.4, -0.2) is 35.7 Å². The number of nitrogens with one attached hydrogen (secondary N) is 1. The number of aliphatic carboxylic acids is 1. The largest absolute Gasteiger partial charge is 0.479 e. The third-order valence-corrected chi connectivity index (χ3v) is 4.17. The van der Waals surface area contributed by atoms with Gasteiger partial charge in [-0.05, 0) is 24.1 Å². The lowest BCUT2D eigenvalue weighted by Crippen LogP contribution is -2.55. The van der Waals surface area contributed by atoms with Crippen LogP contribution in [0.1, 0.15) is 18.4 Å². The first kappa shape index (κ1) is 16.1. The summed E-state index contributed by atoms with van der Waals surface area (Å²) in [5.74, 6) is -1.39. The van der Waals surface area contributed by atoms with Gasteiger partial charge in [0.1, 0.15) is 0 Å². The molecule has 1 aromatic carbocycles. The monoisotopic (exact) mass is 331 g/mol. The van der Waals surface area contributed by atoms with Crippen molar-refractivity contribution in [3.8, 4) is 0 Å². The number of benzene rings is 1. The van der Waals surface area contributed by atoms with Crippen molar-refractivity contribution in [3.05, 3.63) is 33.8 Å². The minimum absolute atomic E-state index is 0.000840. The summed E-state index contributed by atoms with van der Waals surface area (Å²) in [6.45, 7) is 0.334. The molecule has 0 aromatic heterocycles. The van der Waals surface area contributed by atoms with Crippen molar-refractivity contribution in [1.29, 1.82) is 0 Å². The van der Waals surface area contributed by atoms with E-state index in [9.17, 15) is 14.7 Å². The van der Waals surface area contributed by atoms with Crippen LogP contribution in [0.4, 0.5) is 0 Å². The van der Waals surface area contributed by atoms with Gasteiger partial charge in [-0.2, -0.15) is 0 Å². The molecule has 1 atom stereocenters. The maximum Gasteiger partial charge on any atom is 0.331 e. The van der Waals surface area contributed by atoms with Gasteiger partial charge in [0.2, 0.25) is 5.91 Å². The molecule has 1 amide bonds. The van der Waals surface area contributed by atoms with Crippen LogP contribution in [0.3, 0.4) is 0 Å². The molecule has 1 saturated heterocycles. The van der Waals surface area contributed by atoms with Crippen LogP contribution in [-0.2, 0) is 20.7 Å². The first-order chi connectivity index (χ1) is 9.93. The number of ether oxygens (including phenoxy) is 1. The molecule has 1 aromatic rings. The van der Waals surface area contributed by atoms with Crippen LogP contribution in [0.5, 0.6) is 0 Å². The average molecular weight is 332 g/mol. The summed E-state index contributed by atoms with van der Waals surface area (Å²) < 4.78 is 5.09. The third kappa shape index (κ3) is 3.87. The Morgan fingerprint density at radius 3 is 2.67 bits per heavy atom. The highest BCUT2D eigenvalue weighted by molar-refractivity contribution is 6.42. The summed E-state index contributed by atoms with van der Waals surface area (Å²) >= 11 is 11.7. The second-order valence-corrected chi connectivity index (χ2v) is 5.80. The number of halogens is 2. The standard InChI is InChI=1S/C14H15Cl2NO4/c15-10-3-1-9(7-11(10)16)2-4-12(18)17-14(13(19)20)5-6-21-8-14/h1,3,7H,2,4-6,8H2,(H,17,18)(H,19,20). The van der Waals surface area contributed by atoms with Gasteiger partial charge in [-0.3, -0.25) is 4.79 Å². The van der Waals surface area contributed by atoms with Gasteiger partial charge in [0, 0.05) is 19.4 Å². The van der Waals surface area contributed by atoms with Gasteiger partial charge in [-0.25, -0.2) is 4.79 Å². The maximum atomic E-state index is 11.9. The smallest absolute Gasteiger partial charge is 0.331 e. The van der Waals surface area contributed by atoms with Crippen LogP contribution >= 0.6 is 23.2 Å². The molecule has 21 heavy (non-hydrogen) atoms. The Labute approximate surface area is 132 Å². The fourth-order valence-electron chi connectivity index (χ4n) is 2.17. The number of carboxylic acids is 1. The van der Waals surface area contributed by atoms with Crippen LogP contribution in [0.15, 0.2) is 18.2 Å². The molecule has 0 radical (unpaired) electrons. The summed E-state index contributed by atoms with van der Waals surface area (Å²) in [7, 11) is 0. The van der Waals surface area contributed by atoms with E-state index in [2.05, 4.69) is 5.32 Å². The Balaban J connectivity index is 1.92. The Morgan fingerprint density at radius 1 is 1.33 bits per heavy atom. The molecule has 2 N–H and O–H groups in total. The minimum atomic E-state index is -1.30. The molecule has 114 valence electrons. The van der Waals surface area contributed by atoms with E-state index in [0.29, 0.717) is 23.1 Å². The topological polar surface area (TPSA) is 75.6 Å². The lowest BCUT2D eigenvalue weighted by molar-refractivity contribution is -0.147. The highest BCUT2D eigenvalue weighted by Crippen LogP contribution is 2.23. The predicted molar refractivity (Wildman–Crippen MR) is 78.7 cm³/mol. The number of rotatable bonds is 5. The molecular weight excluding hydrogens is 317 g/mol. The Kier molecular flexibility index (Phi) is 5.08. The van der Waals surface area contributed by atoms with Gasteiger partial charge in [0.05, 0.1) is 16.7 Å². The lowest BCUT2D eigenvalue weighted by atomic mass is 9.98. The number of hydrogen-bond donors (Lipinski definition) is 2. The summed E-state index contributed by atoms with van der Waals surface area (Å²) in [5.41, 5.74) is -0.430. The molecule has 1 aliphatic heterocycles. The third-order valence-electron chi connectivity index (χ3n) is 3.43. The zero-order valence-corrected chi connectivity index (χ0v) is 12.7. The zero-order chi connectivity index (χ0) is 15.5. The van der Waals surface area contributed by atoms with Crippen molar-refractivity contribution < 1.29 is 19.4 Å². The molecule has 1 aliphatic rings. The highest BCUT2D eigenvalue weighted by atomic mass is 35.5. The Hall–Kier alpha value is -1.30.